The van der Waals surface area contributed by atoms with Gasteiger partial charge in [0, 0.05) is 9.89 Å². The van der Waals surface area contributed by atoms with Crippen molar-refractivity contribution in [1.82, 2.24) is 0 Å². The Balaban J connectivity index is 2.28. The molecule has 0 spiro atoms. The van der Waals surface area contributed by atoms with Gasteiger partial charge in [0.25, 0.3) is 0 Å². The predicted octanol–water partition coefficient (Wildman–Crippen LogP) is 2.14. The molecule has 0 atom stereocenters. The van der Waals surface area contributed by atoms with Crippen LogP contribution in [0.4, 0.5) is 0 Å². The summed E-state index contributed by atoms with van der Waals surface area (Å²) in [5.74, 6) is 0.179. The van der Waals surface area contributed by atoms with E-state index in [2.05, 4.69) is 39.1 Å². The largest absolute Gasteiger partial charge is 0.370 e. The number of aliphatic imine (C=N–C) groups is 1. The molecule has 0 saturated heterocycles. The van der Waals surface area contributed by atoms with Gasteiger partial charge >= 0.3 is 0 Å². The number of halogens is 1. The van der Waals surface area contributed by atoms with Crippen LogP contribution < -0.4 is 11.5 Å². The van der Waals surface area contributed by atoms with E-state index in [1.54, 1.807) is 0 Å². The molecule has 16 heavy (non-hydrogen) atoms. The number of rotatable bonds is 3. The van der Waals surface area contributed by atoms with Gasteiger partial charge in [0.15, 0.2) is 5.96 Å². The molecule has 0 radical (unpaired) electrons. The molecule has 3 nitrogen and oxygen atoms in total. The van der Waals surface area contributed by atoms with Crippen molar-refractivity contribution < 1.29 is 0 Å². The number of nitrogens with two attached hydrogens (primary N) is 2. The van der Waals surface area contributed by atoms with E-state index in [1.807, 2.05) is 6.07 Å². The van der Waals surface area contributed by atoms with Gasteiger partial charge in [0.1, 0.15) is 0 Å². The Labute approximate surface area is 104 Å². The van der Waals surface area contributed by atoms with Crippen molar-refractivity contribution in [2.75, 3.05) is 6.54 Å². The molecule has 0 unspecified atom stereocenters. The van der Waals surface area contributed by atoms with Crippen LogP contribution in [0.3, 0.4) is 0 Å². The molecule has 86 valence electrons. The monoisotopic (exact) mass is 281 g/mol. The van der Waals surface area contributed by atoms with Gasteiger partial charge in [-0.1, -0.05) is 40.5 Å². The fraction of sp³-hybridized carbons (Fsp3) is 0.417. The highest BCUT2D eigenvalue weighted by atomic mass is 79.9. The van der Waals surface area contributed by atoms with E-state index in [1.165, 1.54) is 12.0 Å². The van der Waals surface area contributed by atoms with E-state index in [9.17, 15) is 0 Å². The van der Waals surface area contributed by atoms with Crippen LogP contribution in [-0.2, 0) is 5.41 Å². The van der Waals surface area contributed by atoms with Crippen molar-refractivity contribution in [3.8, 4) is 0 Å². The average molecular weight is 282 g/mol. The van der Waals surface area contributed by atoms with Gasteiger partial charge in [-0.2, -0.15) is 0 Å². The second kappa shape index (κ2) is 4.45. The summed E-state index contributed by atoms with van der Waals surface area (Å²) in [7, 11) is 0. The van der Waals surface area contributed by atoms with E-state index >= 15 is 0 Å². The third-order valence-electron chi connectivity index (χ3n) is 3.32. The normalized spacial score (nSPS) is 17.6. The van der Waals surface area contributed by atoms with Crippen LogP contribution >= 0.6 is 15.9 Å². The van der Waals surface area contributed by atoms with Crippen molar-refractivity contribution in [2.45, 2.75) is 24.7 Å². The van der Waals surface area contributed by atoms with Crippen LogP contribution in [0.5, 0.6) is 0 Å². The molecule has 1 aromatic carbocycles. The lowest BCUT2D eigenvalue weighted by molar-refractivity contribution is 0.252. The highest BCUT2D eigenvalue weighted by Gasteiger charge is 2.39. The molecule has 4 heteroatoms. The van der Waals surface area contributed by atoms with Gasteiger partial charge in [-0.05, 0) is 24.5 Å². The molecule has 1 aliphatic carbocycles. The van der Waals surface area contributed by atoms with Gasteiger partial charge in [0.2, 0.25) is 0 Å². The first kappa shape index (κ1) is 11.5. The van der Waals surface area contributed by atoms with E-state index < -0.39 is 0 Å². The molecule has 0 aromatic heterocycles. The van der Waals surface area contributed by atoms with E-state index in [0.29, 0.717) is 6.54 Å². The van der Waals surface area contributed by atoms with Crippen molar-refractivity contribution in [2.24, 2.45) is 16.5 Å². The standard InChI is InChI=1S/C12H16BrN3/c13-10-5-2-1-4-9(10)12(6-3-7-12)8-16-11(14)15/h1-2,4-5H,3,6-8H2,(H4,14,15,16). The summed E-state index contributed by atoms with van der Waals surface area (Å²) in [5, 5.41) is 0. The van der Waals surface area contributed by atoms with Gasteiger partial charge in [0.05, 0.1) is 6.54 Å². The molecule has 0 aliphatic heterocycles. The van der Waals surface area contributed by atoms with Gasteiger partial charge < -0.3 is 11.5 Å². The quantitative estimate of drug-likeness (QED) is 0.659. The first-order valence-electron chi connectivity index (χ1n) is 5.44. The second-order valence-electron chi connectivity index (χ2n) is 4.35. The second-order valence-corrected chi connectivity index (χ2v) is 5.21. The molecule has 0 heterocycles. The molecule has 2 rings (SSSR count). The van der Waals surface area contributed by atoms with Crippen LogP contribution in [0.1, 0.15) is 24.8 Å². The number of guanidine groups is 1. The summed E-state index contributed by atoms with van der Waals surface area (Å²) in [4.78, 5) is 4.19. The first-order chi connectivity index (χ1) is 7.64. The third-order valence-corrected chi connectivity index (χ3v) is 4.01. The molecule has 4 N–H and O–H groups in total. The molecule has 1 aromatic rings. The molecule has 1 aliphatic rings. The average Bonchev–Trinajstić information content (AvgIpc) is 2.18. The SMILES string of the molecule is NC(N)=NCC1(c2ccccc2Br)CCC1. The van der Waals surface area contributed by atoms with Crippen LogP contribution in [0.2, 0.25) is 0 Å². The fourth-order valence-corrected chi connectivity index (χ4v) is 2.96. The van der Waals surface area contributed by atoms with Crippen LogP contribution in [0, 0.1) is 0 Å². The number of hydrogen-bond acceptors (Lipinski definition) is 1. The molecule has 1 saturated carbocycles. The minimum absolute atomic E-state index is 0.143. The third kappa shape index (κ3) is 2.07. The maximum absolute atomic E-state index is 5.41. The lowest BCUT2D eigenvalue weighted by Crippen LogP contribution is -2.39. The van der Waals surface area contributed by atoms with E-state index in [-0.39, 0.29) is 11.4 Å². The zero-order valence-corrected chi connectivity index (χ0v) is 10.7. The Kier molecular flexibility index (Phi) is 3.19. The predicted molar refractivity (Wildman–Crippen MR) is 70.3 cm³/mol. The Morgan fingerprint density at radius 2 is 2.00 bits per heavy atom. The Hall–Kier alpha value is -1.03. The Morgan fingerprint density at radius 3 is 2.50 bits per heavy atom. The highest BCUT2D eigenvalue weighted by molar-refractivity contribution is 9.10. The van der Waals surface area contributed by atoms with Crippen molar-refractivity contribution in [1.29, 1.82) is 0 Å². The van der Waals surface area contributed by atoms with Crippen LogP contribution in [-0.4, -0.2) is 12.5 Å². The van der Waals surface area contributed by atoms with Gasteiger partial charge in [-0.15, -0.1) is 0 Å². The lowest BCUT2D eigenvalue weighted by atomic mass is 9.64. The summed E-state index contributed by atoms with van der Waals surface area (Å²) >= 11 is 3.60. The number of benzene rings is 1. The Morgan fingerprint density at radius 1 is 1.31 bits per heavy atom. The molecule has 1 fully saturated rings. The maximum atomic E-state index is 5.41. The summed E-state index contributed by atoms with van der Waals surface area (Å²) in [5.41, 5.74) is 12.3. The zero-order valence-electron chi connectivity index (χ0n) is 9.12. The summed E-state index contributed by atoms with van der Waals surface area (Å²) in [6.45, 7) is 0.692. The topological polar surface area (TPSA) is 64.4 Å². The smallest absolute Gasteiger partial charge is 0.185 e. The Bertz CT molecular complexity index is 406. The van der Waals surface area contributed by atoms with Gasteiger partial charge in [-0.25, -0.2) is 0 Å². The van der Waals surface area contributed by atoms with Crippen molar-refractivity contribution >= 4 is 21.9 Å². The highest BCUT2D eigenvalue weighted by Crippen LogP contribution is 2.46. The molecule has 0 amide bonds. The van der Waals surface area contributed by atoms with Crippen molar-refractivity contribution in [3.63, 3.8) is 0 Å². The maximum Gasteiger partial charge on any atom is 0.185 e. The summed E-state index contributed by atoms with van der Waals surface area (Å²) in [6, 6.07) is 8.33. The summed E-state index contributed by atoms with van der Waals surface area (Å²) < 4.78 is 1.15. The van der Waals surface area contributed by atoms with Crippen molar-refractivity contribution in [3.05, 3.63) is 34.3 Å². The minimum Gasteiger partial charge on any atom is -0.370 e. The summed E-state index contributed by atoms with van der Waals surface area (Å²) in [6.07, 6.45) is 3.57. The van der Waals surface area contributed by atoms with Crippen LogP contribution in [0.25, 0.3) is 0 Å². The van der Waals surface area contributed by atoms with Gasteiger partial charge in [-0.3, -0.25) is 4.99 Å². The molecular weight excluding hydrogens is 266 g/mol. The van der Waals surface area contributed by atoms with Crippen LogP contribution in [0.15, 0.2) is 33.7 Å². The number of hydrogen-bond donors (Lipinski definition) is 2. The lowest BCUT2D eigenvalue weighted by Gasteiger charge is -2.41. The molecular formula is C12H16BrN3. The molecule has 0 bridgehead atoms. The van der Waals surface area contributed by atoms with E-state index in [0.717, 1.165) is 17.3 Å². The first-order valence-corrected chi connectivity index (χ1v) is 6.24. The minimum atomic E-state index is 0.143. The number of nitrogens with zero attached hydrogens (tertiary/aromatic N) is 1. The van der Waals surface area contributed by atoms with E-state index in [4.69, 9.17) is 11.5 Å². The zero-order chi connectivity index (χ0) is 11.6. The fourth-order valence-electron chi connectivity index (χ4n) is 2.25.